The molecule has 5 nitrogen and oxygen atoms in total. The van der Waals surface area contributed by atoms with Crippen LogP contribution < -0.4 is 10.6 Å². The second-order valence-electron chi connectivity index (χ2n) is 3.98. The van der Waals surface area contributed by atoms with Crippen molar-refractivity contribution in [3.63, 3.8) is 0 Å². The maximum Gasteiger partial charge on any atom is 0.335 e. The van der Waals surface area contributed by atoms with E-state index in [9.17, 15) is 9.59 Å². The minimum atomic E-state index is -1.01. The summed E-state index contributed by atoms with van der Waals surface area (Å²) in [4.78, 5) is 23.1. The molecule has 0 saturated carbocycles. The van der Waals surface area contributed by atoms with Crippen molar-refractivity contribution in [2.24, 2.45) is 0 Å². The molecule has 0 unspecified atom stereocenters. The molecule has 2 amide bonds. The van der Waals surface area contributed by atoms with Gasteiger partial charge in [0.15, 0.2) is 0 Å². The minimum Gasteiger partial charge on any atom is -0.478 e. The molecular formula is C14H12N2O3S. The van der Waals surface area contributed by atoms with Crippen LogP contribution in [0.3, 0.4) is 0 Å². The largest absolute Gasteiger partial charge is 0.478 e. The summed E-state index contributed by atoms with van der Waals surface area (Å²) < 4.78 is 0. The molecule has 6 heteroatoms. The topological polar surface area (TPSA) is 78.4 Å². The van der Waals surface area contributed by atoms with Gasteiger partial charge in [-0.1, -0.05) is 12.1 Å². The van der Waals surface area contributed by atoms with Crippen LogP contribution in [-0.4, -0.2) is 17.1 Å². The lowest BCUT2D eigenvalue weighted by Gasteiger charge is -2.09. The number of carbonyl (C=O) groups is 2. The number of thiol groups is 1. The predicted octanol–water partition coefficient (Wildman–Crippen LogP) is 3.32. The highest BCUT2D eigenvalue weighted by Gasteiger charge is 2.06. The van der Waals surface area contributed by atoms with Crippen LogP contribution in [0.15, 0.2) is 53.4 Å². The third kappa shape index (κ3) is 3.52. The van der Waals surface area contributed by atoms with Gasteiger partial charge in [-0.25, -0.2) is 9.59 Å². The molecule has 3 N–H and O–H groups in total. The fourth-order valence-electron chi connectivity index (χ4n) is 1.56. The Kier molecular flexibility index (Phi) is 4.27. The summed E-state index contributed by atoms with van der Waals surface area (Å²) in [6.45, 7) is 0. The zero-order chi connectivity index (χ0) is 14.5. The van der Waals surface area contributed by atoms with E-state index in [2.05, 4.69) is 23.3 Å². The summed E-state index contributed by atoms with van der Waals surface area (Å²) >= 11 is 4.23. The highest BCUT2D eigenvalue weighted by atomic mass is 32.1. The van der Waals surface area contributed by atoms with Crippen molar-refractivity contribution in [3.05, 3.63) is 54.1 Å². The van der Waals surface area contributed by atoms with Gasteiger partial charge in [0.1, 0.15) is 0 Å². The Labute approximate surface area is 121 Å². The first-order valence-electron chi connectivity index (χ1n) is 5.75. The fourth-order valence-corrected chi connectivity index (χ4v) is 1.78. The van der Waals surface area contributed by atoms with E-state index in [1.165, 1.54) is 24.3 Å². The lowest BCUT2D eigenvalue weighted by Crippen LogP contribution is -2.19. The van der Waals surface area contributed by atoms with Gasteiger partial charge in [0.25, 0.3) is 0 Å². The van der Waals surface area contributed by atoms with Crippen LogP contribution in [0.4, 0.5) is 16.2 Å². The van der Waals surface area contributed by atoms with Crippen molar-refractivity contribution in [2.45, 2.75) is 4.90 Å². The van der Waals surface area contributed by atoms with Crippen LogP contribution in [0.25, 0.3) is 0 Å². The number of hydrogen-bond acceptors (Lipinski definition) is 3. The first-order valence-corrected chi connectivity index (χ1v) is 6.20. The van der Waals surface area contributed by atoms with Crippen LogP contribution in [0.2, 0.25) is 0 Å². The normalized spacial score (nSPS) is 9.85. The zero-order valence-corrected chi connectivity index (χ0v) is 11.2. The quantitative estimate of drug-likeness (QED) is 0.654. The Morgan fingerprint density at radius 2 is 1.60 bits per heavy atom. The SMILES string of the molecule is O=C(Nc1ccc(C(=O)O)cc1)Nc1ccccc1S. The molecule has 0 atom stereocenters. The number of para-hydroxylation sites is 1. The lowest BCUT2D eigenvalue weighted by molar-refractivity contribution is 0.0697. The number of aromatic carboxylic acids is 1. The maximum atomic E-state index is 11.8. The molecule has 0 fully saturated rings. The molecule has 102 valence electrons. The second kappa shape index (κ2) is 6.12. The molecule has 0 saturated heterocycles. The van der Waals surface area contributed by atoms with Gasteiger partial charge in [-0.2, -0.15) is 0 Å². The van der Waals surface area contributed by atoms with E-state index in [-0.39, 0.29) is 5.56 Å². The number of amides is 2. The Bertz CT molecular complexity index is 641. The molecule has 0 aliphatic carbocycles. The van der Waals surface area contributed by atoms with Crippen LogP contribution in [0.5, 0.6) is 0 Å². The number of benzene rings is 2. The summed E-state index contributed by atoms with van der Waals surface area (Å²) in [6.07, 6.45) is 0. The lowest BCUT2D eigenvalue weighted by atomic mass is 10.2. The van der Waals surface area contributed by atoms with Gasteiger partial charge in [-0.05, 0) is 36.4 Å². The Balaban J connectivity index is 2.01. The van der Waals surface area contributed by atoms with Gasteiger partial charge in [-0.15, -0.1) is 12.6 Å². The number of carbonyl (C=O) groups excluding carboxylic acids is 1. The Hall–Kier alpha value is -2.47. The van der Waals surface area contributed by atoms with Gasteiger partial charge in [0, 0.05) is 10.6 Å². The fraction of sp³-hybridized carbons (Fsp3) is 0. The van der Waals surface area contributed by atoms with E-state index >= 15 is 0 Å². The van der Waals surface area contributed by atoms with Crippen LogP contribution >= 0.6 is 12.6 Å². The number of urea groups is 1. The summed E-state index contributed by atoms with van der Waals surface area (Å²) in [6, 6.07) is 12.6. The van der Waals surface area contributed by atoms with Crippen molar-refractivity contribution >= 4 is 36.0 Å². The molecule has 0 aromatic heterocycles. The smallest absolute Gasteiger partial charge is 0.335 e. The number of nitrogens with one attached hydrogen (secondary N) is 2. The molecular weight excluding hydrogens is 276 g/mol. The number of hydrogen-bond donors (Lipinski definition) is 4. The molecule has 0 aliphatic heterocycles. The van der Waals surface area contributed by atoms with Gasteiger partial charge in [-0.3, -0.25) is 0 Å². The highest BCUT2D eigenvalue weighted by Crippen LogP contribution is 2.19. The standard InChI is InChI=1S/C14H12N2O3S/c17-13(18)9-5-7-10(8-6-9)15-14(19)16-11-3-1-2-4-12(11)20/h1-8,20H,(H,17,18)(H2,15,16,19). The molecule has 0 radical (unpaired) electrons. The predicted molar refractivity (Wildman–Crippen MR) is 79.7 cm³/mol. The van der Waals surface area contributed by atoms with Crippen LogP contribution in [-0.2, 0) is 0 Å². The zero-order valence-electron chi connectivity index (χ0n) is 10.3. The number of carboxylic acid groups (broad SMARTS) is 1. The Morgan fingerprint density at radius 1 is 0.950 bits per heavy atom. The highest BCUT2D eigenvalue weighted by molar-refractivity contribution is 7.80. The van der Waals surface area contributed by atoms with E-state index in [1.54, 1.807) is 18.2 Å². The number of carboxylic acids is 1. The van der Waals surface area contributed by atoms with Gasteiger partial charge < -0.3 is 15.7 Å². The van der Waals surface area contributed by atoms with Gasteiger partial charge >= 0.3 is 12.0 Å². The van der Waals surface area contributed by atoms with Crippen molar-refractivity contribution in [3.8, 4) is 0 Å². The molecule has 2 aromatic carbocycles. The van der Waals surface area contributed by atoms with Crippen molar-refractivity contribution in [1.29, 1.82) is 0 Å². The van der Waals surface area contributed by atoms with Gasteiger partial charge in [0.05, 0.1) is 11.3 Å². The molecule has 0 aliphatic rings. The average Bonchev–Trinajstić information content (AvgIpc) is 2.42. The molecule has 20 heavy (non-hydrogen) atoms. The molecule has 0 spiro atoms. The molecule has 0 heterocycles. The third-order valence-corrected chi connectivity index (χ3v) is 2.93. The third-order valence-electron chi connectivity index (χ3n) is 2.54. The maximum absolute atomic E-state index is 11.8. The first-order chi connectivity index (χ1) is 9.56. The van der Waals surface area contributed by atoms with E-state index in [1.807, 2.05) is 6.07 Å². The minimum absolute atomic E-state index is 0.164. The van der Waals surface area contributed by atoms with E-state index < -0.39 is 12.0 Å². The summed E-state index contributed by atoms with van der Waals surface area (Å²) in [5.41, 5.74) is 1.26. The van der Waals surface area contributed by atoms with Crippen molar-refractivity contribution in [1.82, 2.24) is 0 Å². The number of rotatable bonds is 3. The van der Waals surface area contributed by atoms with E-state index in [0.717, 1.165) is 0 Å². The van der Waals surface area contributed by atoms with Gasteiger partial charge in [0.2, 0.25) is 0 Å². The number of anilines is 2. The molecule has 2 rings (SSSR count). The summed E-state index contributed by atoms with van der Waals surface area (Å²) in [5, 5.41) is 14.0. The van der Waals surface area contributed by atoms with Crippen molar-refractivity contribution in [2.75, 3.05) is 10.6 Å². The van der Waals surface area contributed by atoms with E-state index in [0.29, 0.717) is 16.3 Å². The van der Waals surface area contributed by atoms with E-state index in [4.69, 9.17) is 5.11 Å². The van der Waals surface area contributed by atoms with Crippen LogP contribution in [0, 0.1) is 0 Å². The summed E-state index contributed by atoms with van der Waals surface area (Å²) in [7, 11) is 0. The van der Waals surface area contributed by atoms with Crippen LogP contribution in [0.1, 0.15) is 10.4 Å². The summed E-state index contributed by atoms with van der Waals surface area (Å²) in [5.74, 6) is -1.01. The Morgan fingerprint density at radius 3 is 2.20 bits per heavy atom. The van der Waals surface area contributed by atoms with Crippen molar-refractivity contribution < 1.29 is 14.7 Å². The monoisotopic (exact) mass is 288 g/mol. The average molecular weight is 288 g/mol. The molecule has 0 bridgehead atoms. The first kappa shape index (κ1) is 14.0. The molecule has 2 aromatic rings. The second-order valence-corrected chi connectivity index (χ2v) is 4.46.